The number of carbonyl (C=O) groups excluding carboxylic acids is 1. The Bertz CT molecular complexity index is 756. The van der Waals surface area contributed by atoms with Crippen LogP contribution in [0.4, 0.5) is 0 Å². The van der Waals surface area contributed by atoms with Gasteiger partial charge in [0.2, 0.25) is 11.8 Å². The summed E-state index contributed by atoms with van der Waals surface area (Å²) in [5.41, 5.74) is 2.84. The van der Waals surface area contributed by atoms with Gasteiger partial charge in [0.15, 0.2) is 0 Å². The van der Waals surface area contributed by atoms with Gasteiger partial charge in [0.25, 0.3) is 0 Å². The molecule has 5 nitrogen and oxygen atoms in total. The highest BCUT2D eigenvalue weighted by molar-refractivity contribution is 7.10. The Labute approximate surface area is 155 Å². The number of nitrogens with zero attached hydrogens (tertiary/aromatic N) is 2. The number of rotatable bonds is 4. The highest BCUT2D eigenvalue weighted by atomic mass is 35.5. The number of nitrogens with one attached hydrogen (secondary N) is 1. The van der Waals surface area contributed by atoms with Crippen molar-refractivity contribution in [3.05, 3.63) is 39.4 Å². The SMILES string of the molecule is O=C(NCC1(c2ccc(Cl)nc2)CCCCC1)C1COc2ncsc21. The van der Waals surface area contributed by atoms with Crippen LogP contribution in [0.3, 0.4) is 0 Å². The van der Waals surface area contributed by atoms with E-state index in [1.807, 2.05) is 18.3 Å². The summed E-state index contributed by atoms with van der Waals surface area (Å²) in [6, 6.07) is 3.89. The Morgan fingerprint density at radius 3 is 2.92 bits per heavy atom. The van der Waals surface area contributed by atoms with E-state index >= 15 is 0 Å². The molecule has 1 atom stereocenters. The Hall–Kier alpha value is -1.66. The molecule has 1 fully saturated rings. The van der Waals surface area contributed by atoms with Crippen LogP contribution in [-0.2, 0) is 10.2 Å². The minimum atomic E-state index is -0.244. The fraction of sp³-hybridized carbons (Fsp3) is 0.500. The van der Waals surface area contributed by atoms with E-state index in [1.54, 1.807) is 5.51 Å². The fourth-order valence-corrected chi connectivity index (χ4v) is 4.81. The summed E-state index contributed by atoms with van der Waals surface area (Å²) in [6.07, 6.45) is 7.57. The number of fused-ring (bicyclic) bond motifs is 1. The second-order valence-electron chi connectivity index (χ2n) is 6.81. The van der Waals surface area contributed by atoms with Crippen molar-refractivity contribution >= 4 is 28.8 Å². The van der Waals surface area contributed by atoms with E-state index in [-0.39, 0.29) is 17.2 Å². The van der Waals surface area contributed by atoms with E-state index in [9.17, 15) is 4.79 Å². The van der Waals surface area contributed by atoms with Gasteiger partial charge in [-0.15, -0.1) is 11.3 Å². The number of pyridine rings is 1. The van der Waals surface area contributed by atoms with Gasteiger partial charge in [-0.3, -0.25) is 4.79 Å². The average molecular weight is 378 g/mol. The molecule has 132 valence electrons. The normalized spacial score (nSPS) is 21.4. The maximum Gasteiger partial charge on any atom is 0.232 e. The van der Waals surface area contributed by atoms with Crippen molar-refractivity contribution in [2.75, 3.05) is 13.2 Å². The monoisotopic (exact) mass is 377 g/mol. The van der Waals surface area contributed by atoms with Crippen molar-refractivity contribution in [3.63, 3.8) is 0 Å². The van der Waals surface area contributed by atoms with Crippen LogP contribution < -0.4 is 10.1 Å². The molecule has 2 aromatic rings. The van der Waals surface area contributed by atoms with Crippen LogP contribution in [0.15, 0.2) is 23.8 Å². The summed E-state index contributed by atoms with van der Waals surface area (Å²) in [4.78, 5) is 22.1. The van der Waals surface area contributed by atoms with Crippen LogP contribution >= 0.6 is 22.9 Å². The number of hydrogen-bond acceptors (Lipinski definition) is 5. The van der Waals surface area contributed by atoms with Gasteiger partial charge in [0.1, 0.15) is 17.7 Å². The first-order valence-electron chi connectivity index (χ1n) is 8.64. The molecule has 0 saturated heterocycles. The van der Waals surface area contributed by atoms with Crippen molar-refractivity contribution in [1.29, 1.82) is 0 Å². The zero-order valence-corrected chi connectivity index (χ0v) is 15.4. The minimum Gasteiger partial charge on any atom is -0.476 e. The molecule has 25 heavy (non-hydrogen) atoms. The lowest BCUT2D eigenvalue weighted by atomic mass is 9.69. The van der Waals surface area contributed by atoms with Crippen LogP contribution in [0.25, 0.3) is 0 Å². The first kappa shape index (κ1) is 16.8. The first-order chi connectivity index (χ1) is 12.2. The molecule has 0 bridgehead atoms. The third kappa shape index (κ3) is 3.25. The second kappa shape index (κ2) is 6.92. The number of thiazole rings is 1. The highest BCUT2D eigenvalue weighted by Gasteiger charge is 2.37. The van der Waals surface area contributed by atoms with Crippen molar-refractivity contribution in [2.45, 2.75) is 43.4 Å². The van der Waals surface area contributed by atoms with Gasteiger partial charge >= 0.3 is 0 Å². The molecule has 0 aromatic carbocycles. The van der Waals surface area contributed by atoms with Crippen LogP contribution in [0.1, 0.15) is 48.5 Å². The summed E-state index contributed by atoms with van der Waals surface area (Å²) in [7, 11) is 0. The standard InChI is InChI=1S/C18H20ClN3O2S/c19-14-5-4-12(8-20-14)18(6-2-1-3-7-18)10-21-16(23)13-9-24-17-15(13)25-11-22-17/h4-5,8,11,13H,1-3,6-7,9-10H2,(H,21,23). The Morgan fingerprint density at radius 2 is 2.16 bits per heavy atom. The number of aromatic nitrogens is 2. The average Bonchev–Trinajstić information content (AvgIpc) is 3.24. The Morgan fingerprint density at radius 1 is 1.32 bits per heavy atom. The molecule has 1 saturated carbocycles. The van der Waals surface area contributed by atoms with Crippen molar-refractivity contribution in [3.8, 4) is 5.88 Å². The van der Waals surface area contributed by atoms with E-state index in [0.29, 0.717) is 24.2 Å². The van der Waals surface area contributed by atoms with Gasteiger partial charge in [-0.25, -0.2) is 9.97 Å². The molecule has 1 unspecified atom stereocenters. The minimum absolute atomic E-state index is 0.0230. The van der Waals surface area contributed by atoms with Gasteiger partial charge < -0.3 is 10.1 Å². The third-order valence-electron chi connectivity index (χ3n) is 5.33. The van der Waals surface area contributed by atoms with E-state index in [2.05, 4.69) is 15.3 Å². The predicted molar refractivity (Wildman–Crippen MR) is 97.4 cm³/mol. The zero-order chi connectivity index (χ0) is 17.3. The first-order valence-corrected chi connectivity index (χ1v) is 9.90. The smallest absolute Gasteiger partial charge is 0.232 e. The highest BCUT2D eigenvalue weighted by Crippen LogP contribution is 2.40. The Balaban J connectivity index is 1.50. The van der Waals surface area contributed by atoms with E-state index in [4.69, 9.17) is 16.3 Å². The zero-order valence-electron chi connectivity index (χ0n) is 13.8. The lowest BCUT2D eigenvalue weighted by Crippen LogP contribution is -2.43. The number of hydrogen-bond donors (Lipinski definition) is 1. The van der Waals surface area contributed by atoms with Crippen molar-refractivity contribution < 1.29 is 9.53 Å². The molecule has 3 heterocycles. The van der Waals surface area contributed by atoms with Crippen molar-refractivity contribution in [2.24, 2.45) is 0 Å². The van der Waals surface area contributed by atoms with Crippen LogP contribution in [0.5, 0.6) is 5.88 Å². The van der Waals surface area contributed by atoms with Gasteiger partial charge in [-0.2, -0.15) is 0 Å². The molecule has 1 N–H and O–H groups in total. The molecule has 1 aliphatic heterocycles. The second-order valence-corrected chi connectivity index (χ2v) is 8.09. The number of carbonyl (C=O) groups is 1. The largest absolute Gasteiger partial charge is 0.476 e. The fourth-order valence-electron chi connectivity index (χ4n) is 3.88. The summed E-state index contributed by atoms with van der Waals surface area (Å²) in [5, 5.41) is 3.68. The van der Waals surface area contributed by atoms with Crippen LogP contribution in [-0.4, -0.2) is 29.0 Å². The number of halogens is 1. The quantitative estimate of drug-likeness (QED) is 0.825. The molecule has 1 amide bonds. The van der Waals surface area contributed by atoms with Crippen LogP contribution in [0.2, 0.25) is 5.15 Å². The molecular weight excluding hydrogens is 358 g/mol. The van der Waals surface area contributed by atoms with E-state index in [1.165, 1.54) is 30.6 Å². The van der Waals surface area contributed by atoms with Gasteiger partial charge in [-0.1, -0.05) is 36.9 Å². The van der Waals surface area contributed by atoms with Crippen LogP contribution in [0, 0.1) is 0 Å². The molecule has 4 rings (SSSR count). The third-order valence-corrected chi connectivity index (χ3v) is 6.48. The summed E-state index contributed by atoms with van der Waals surface area (Å²) >= 11 is 7.43. The molecule has 0 spiro atoms. The Kier molecular flexibility index (Phi) is 4.65. The summed E-state index contributed by atoms with van der Waals surface area (Å²) in [5.74, 6) is 0.390. The lowest BCUT2D eigenvalue weighted by Gasteiger charge is -2.38. The molecular formula is C18H20ClN3O2S. The topological polar surface area (TPSA) is 64.1 Å². The van der Waals surface area contributed by atoms with Crippen molar-refractivity contribution in [1.82, 2.24) is 15.3 Å². The number of ether oxygens (including phenoxy) is 1. The summed E-state index contributed by atoms with van der Waals surface area (Å²) < 4.78 is 5.50. The summed E-state index contributed by atoms with van der Waals surface area (Å²) in [6.45, 7) is 1.01. The van der Waals surface area contributed by atoms with Gasteiger partial charge in [0.05, 0.1) is 10.4 Å². The molecule has 0 radical (unpaired) electrons. The molecule has 1 aliphatic carbocycles. The lowest BCUT2D eigenvalue weighted by molar-refractivity contribution is -0.123. The van der Waals surface area contributed by atoms with Gasteiger partial charge in [-0.05, 0) is 24.5 Å². The maximum absolute atomic E-state index is 12.7. The number of amides is 1. The van der Waals surface area contributed by atoms with E-state index in [0.717, 1.165) is 23.3 Å². The van der Waals surface area contributed by atoms with Gasteiger partial charge in [0, 0.05) is 18.2 Å². The molecule has 2 aliphatic rings. The maximum atomic E-state index is 12.7. The molecule has 7 heteroatoms. The van der Waals surface area contributed by atoms with E-state index < -0.39 is 0 Å². The predicted octanol–water partition coefficient (Wildman–Crippen LogP) is 3.69. The molecule has 2 aromatic heterocycles.